The second-order valence-electron chi connectivity index (χ2n) is 8.57. The molecule has 0 heterocycles. The third kappa shape index (κ3) is 30.9. The first-order chi connectivity index (χ1) is 21.3. The minimum absolute atomic E-state index is 0.0473. The summed E-state index contributed by atoms with van der Waals surface area (Å²) in [6.07, 6.45) is 0. The highest BCUT2D eigenvalue weighted by Gasteiger charge is 2.18. The van der Waals surface area contributed by atoms with Gasteiger partial charge in [-0.05, 0) is 0 Å². The fourth-order valence-electron chi connectivity index (χ4n) is 2.63. The monoisotopic (exact) mass is 729 g/mol. The third-order valence-electron chi connectivity index (χ3n) is 4.84. The molecule has 0 amide bonds. The Morgan fingerprint density at radius 3 is 1.18 bits per heavy atom. The number of ether oxygens (including phenoxy) is 5. The fourth-order valence-corrected chi connectivity index (χ4v) is 4.56. The topological polar surface area (TPSA) is 277 Å². The summed E-state index contributed by atoms with van der Waals surface area (Å²) in [5.74, 6) is -1.82. The van der Waals surface area contributed by atoms with Crippen LogP contribution in [-0.4, -0.2) is 129 Å². The van der Waals surface area contributed by atoms with Gasteiger partial charge >= 0.3 is 0 Å². The number of hydrogen-bond acceptors (Lipinski definition) is 19. The van der Waals surface area contributed by atoms with E-state index in [9.17, 15) is 37.3 Å². The van der Waals surface area contributed by atoms with Crippen LogP contribution in [0.4, 0.5) is 8.96 Å². The maximum absolute atomic E-state index is 12.3. The van der Waals surface area contributed by atoms with Crippen LogP contribution in [0.1, 0.15) is 0 Å². The van der Waals surface area contributed by atoms with Gasteiger partial charge in [-0.2, -0.15) is 11.1 Å². The SMILES string of the molecule is O=P([O-])(O)OCC(CNF)COP(=O)([O-])OCCOCCOCCOCCOCCOCCOP(=O)([O-])OCC(CO)CNF. The van der Waals surface area contributed by atoms with Crippen molar-refractivity contribution in [3.63, 3.8) is 0 Å². The summed E-state index contributed by atoms with van der Waals surface area (Å²) in [7, 11) is -14.5. The zero-order valence-electron chi connectivity index (χ0n) is 24.4. The zero-order chi connectivity index (χ0) is 33.9. The zero-order valence-corrected chi connectivity index (χ0v) is 27.1. The van der Waals surface area contributed by atoms with Gasteiger partial charge in [0.25, 0.3) is 23.5 Å². The van der Waals surface area contributed by atoms with Gasteiger partial charge in [-0.15, -0.1) is 8.96 Å². The minimum atomic E-state index is -5.07. The molecule has 0 radical (unpaired) electrons. The van der Waals surface area contributed by atoms with Crippen LogP contribution in [0.5, 0.6) is 0 Å². The maximum atomic E-state index is 12.3. The lowest BCUT2D eigenvalue weighted by Crippen LogP contribution is -2.27. The van der Waals surface area contributed by atoms with Crippen molar-refractivity contribution < 1.29 is 93.6 Å². The van der Waals surface area contributed by atoms with Crippen molar-refractivity contribution in [3.05, 3.63) is 0 Å². The number of phosphoric ester groups is 3. The van der Waals surface area contributed by atoms with E-state index in [2.05, 4.69) is 22.6 Å². The summed E-state index contributed by atoms with van der Waals surface area (Å²) in [6.45, 7) is -2.15. The normalized spacial score (nSPS) is 17.4. The summed E-state index contributed by atoms with van der Waals surface area (Å²) >= 11 is 0. The highest BCUT2D eigenvalue weighted by Crippen LogP contribution is 2.39. The molecule has 25 heteroatoms. The van der Waals surface area contributed by atoms with E-state index >= 15 is 0 Å². The maximum Gasteiger partial charge on any atom is 0.267 e. The highest BCUT2D eigenvalue weighted by molar-refractivity contribution is 7.46. The molecule has 0 aromatic carbocycles. The van der Waals surface area contributed by atoms with Crippen molar-refractivity contribution in [2.24, 2.45) is 11.8 Å². The predicted octanol–water partition coefficient (Wildman–Crippen LogP) is -2.28. The standard InChI is InChI=1S/C20H45F2N2O18P3/c21-23-13-19(15-25)16-41-44(29,30)38-11-9-36-7-5-34-3-1-33-2-4-35-6-8-37-10-12-39-45(31,32)42-18-20(14-24-22)17-40-43(26,27)28/h19-20,23-25H,1-18H2,(H,29,30)(H,31,32)(H2,26,27,28)/p-3. The van der Waals surface area contributed by atoms with Crippen LogP contribution in [0.2, 0.25) is 0 Å². The number of nitrogens with one attached hydrogen (secondary N) is 2. The Hall–Kier alpha value is -0.130. The van der Waals surface area contributed by atoms with Gasteiger partial charge in [0.1, 0.15) is 0 Å². The second kappa shape index (κ2) is 27.8. The van der Waals surface area contributed by atoms with E-state index in [-0.39, 0.29) is 85.8 Å². The lowest BCUT2D eigenvalue weighted by atomic mass is 10.2. The summed E-state index contributed by atoms with van der Waals surface area (Å²) in [5, 5.41) is 8.95. The van der Waals surface area contributed by atoms with Crippen molar-refractivity contribution >= 4 is 23.5 Å². The molecule has 0 aliphatic rings. The molecule has 0 rings (SSSR count). The molecule has 0 aromatic rings. The second-order valence-corrected chi connectivity index (χ2v) is 12.6. The Labute approximate surface area is 259 Å². The molecule has 0 aliphatic carbocycles. The molecule has 5 atom stereocenters. The summed E-state index contributed by atoms with van der Waals surface area (Å²) < 4.78 is 107. The molecule has 0 bridgehead atoms. The lowest BCUT2D eigenvalue weighted by molar-refractivity contribution is -0.229. The van der Waals surface area contributed by atoms with Crippen LogP contribution in [0.25, 0.3) is 0 Å². The van der Waals surface area contributed by atoms with E-state index in [4.69, 9.17) is 33.7 Å². The van der Waals surface area contributed by atoms with E-state index in [1.165, 1.54) is 11.1 Å². The Morgan fingerprint density at radius 1 is 0.533 bits per heavy atom. The van der Waals surface area contributed by atoms with Crippen molar-refractivity contribution in [1.29, 1.82) is 0 Å². The van der Waals surface area contributed by atoms with Crippen molar-refractivity contribution in [2.75, 3.05) is 119 Å². The van der Waals surface area contributed by atoms with Gasteiger partial charge < -0.3 is 71.0 Å². The average molecular weight is 729 g/mol. The van der Waals surface area contributed by atoms with Crippen LogP contribution >= 0.6 is 23.5 Å². The van der Waals surface area contributed by atoms with Gasteiger partial charge in [0.05, 0.1) is 99.1 Å². The Bertz CT molecular complexity index is 851. The van der Waals surface area contributed by atoms with E-state index in [1.54, 1.807) is 0 Å². The quantitative estimate of drug-likeness (QED) is 0.0308. The molecule has 5 unspecified atom stereocenters. The van der Waals surface area contributed by atoms with E-state index < -0.39 is 68.3 Å². The number of rotatable bonds is 34. The third-order valence-corrected chi connectivity index (χ3v) is 7.25. The molecule has 4 N–H and O–H groups in total. The number of hydrogen-bond donors (Lipinski definition) is 4. The molecule has 0 saturated carbocycles. The van der Waals surface area contributed by atoms with E-state index in [1.807, 2.05) is 0 Å². The van der Waals surface area contributed by atoms with Crippen molar-refractivity contribution in [1.82, 2.24) is 11.1 Å². The Kier molecular flexibility index (Phi) is 27.7. The van der Waals surface area contributed by atoms with Crippen LogP contribution < -0.4 is 25.8 Å². The molecular weight excluding hydrogens is 687 g/mol. The van der Waals surface area contributed by atoms with Crippen LogP contribution in [0.3, 0.4) is 0 Å². The fraction of sp³-hybridized carbons (Fsp3) is 1.00. The summed E-state index contributed by atoms with van der Waals surface area (Å²) in [5.41, 5.74) is 2.52. The van der Waals surface area contributed by atoms with Gasteiger partial charge in [0.15, 0.2) is 0 Å². The molecule has 0 aliphatic heterocycles. The molecule has 272 valence electrons. The Balaban J connectivity index is 3.57. The first-order valence-corrected chi connectivity index (χ1v) is 17.8. The van der Waals surface area contributed by atoms with Gasteiger partial charge in [-0.25, -0.2) is 0 Å². The molecule has 0 aromatic heterocycles. The van der Waals surface area contributed by atoms with Crippen LogP contribution in [-0.2, 0) is 60.0 Å². The number of halogens is 2. The number of phosphoric acid groups is 3. The van der Waals surface area contributed by atoms with E-state index in [0.29, 0.717) is 0 Å². The van der Waals surface area contributed by atoms with Crippen LogP contribution in [0.15, 0.2) is 0 Å². The summed E-state index contributed by atoms with van der Waals surface area (Å²) in [4.78, 5) is 42.4. The van der Waals surface area contributed by atoms with Crippen LogP contribution in [0, 0.1) is 11.8 Å². The van der Waals surface area contributed by atoms with E-state index in [0.717, 1.165) is 0 Å². The average Bonchev–Trinajstić information content (AvgIpc) is 2.97. The lowest BCUT2D eigenvalue weighted by Gasteiger charge is -2.26. The van der Waals surface area contributed by atoms with Gasteiger partial charge in [0, 0.05) is 31.5 Å². The molecule has 45 heavy (non-hydrogen) atoms. The van der Waals surface area contributed by atoms with Gasteiger partial charge in [0.2, 0.25) is 0 Å². The molecule has 20 nitrogen and oxygen atoms in total. The smallest absolute Gasteiger partial charge is 0.267 e. The van der Waals surface area contributed by atoms with Crippen molar-refractivity contribution in [3.8, 4) is 0 Å². The van der Waals surface area contributed by atoms with Gasteiger partial charge in [-0.1, -0.05) is 0 Å². The highest BCUT2D eigenvalue weighted by atomic mass is 31.2. The van der Waals surface area contributed by atoms with Crippen molar-refractivity contribution in [2.45, 2.75) is 0 Å². The largest absolute Gasteiger partial charge is 0.756 e. The Morgan fingerprint density at radius 2 is 0.844 bits per heavy atom. The molecule has 0 spiro atoms. The van der Waals surface area contributed by atoms with Gasteiger partial charge in [-0.3, -0.25) is 13.7 Å². The minimum Gasteiger partial charge on any atom is -0.756 e. The number of aliphatic hydroxyl groups is 1. The summed E-state index contributed by atoms with van der Waals surface area (Å²) in [6, 6.07) is 0. The first-order valence-electron chi connectivity index (χ1n) is 13.4. The predicted molar refractivity (Wildman–Crippen MR) is 141 cm³/mol. The first kappa shape index (κ1) is 44.9. The molecule has 0 saturated heterocycles. The molecular formula is C20H42F2N2O18P3-3. The number of aliphatic hydroxyl groups excluding tert-OH is 1. The molecule has 0 fully saturated rings.